The second-order valence-electron chi connectivity index (χ2n) is 4.70. The number of nitrogens with one attached hydrogen (secondary N) is 2. The fourth-order valence-corrected chi connectivity index (χ4v) is 2.44. The summed E-state index contributed by atoms with van der Waals surface area (Å²) >= 11 is 0. The van der Waals surface area contributed by atoms with Gasteiger partial charge in [0.05, 0.1) is 18.5 Å². The van der Waals surface area contributed by atoms with Crippen LogP contribution < -0.4 is 5.32 Å². The number of carbonyl (C=O) groups is 1. The lowest BCUT2D eigenvalue weighted by Gasteiger charge is -2.12. The second-order valence-corrected chi connectivity index (χ2v) is 6.69. The fraction of sp³-hybridized carbons (Fsp3) is 0.600. The normalized spacial score (nSPS) is 16.0. The van der Waals surface area contributed by atoms with Crippen molar-refractivity contribution >= 4 is 21.7 Å². The molecule has 0 aromatic carbocycles. The maximum Gasteiger partial charge on any atom is 0.228 e. The van der Waals surface area contributed by atoms with Gasteiger partial charge >= 0.3 is 0 Å². The Kier molecular flexibility index (Phi) is 3.16. The number of carbonyl (C=O) groups excluding carboxylic acids is 1. The summed E-state index contributed by atoms with van der Waals surface area (Å²) in [4.78, 5) is 11.6. The third-order valence-corrected chi connectivity index (χ3v) is 4.05. The number of nitrogens with zero attached hydrogens (tertiary/aromatic N) is 2. The van der Waals surface area contributed by atoms with Crippen LogP contribution in [0.5, 0.6) is 0 Å². The Morgan fingerprint density at radius 1 is 1.44 bits per heavy atom. The minimum absolute atomic E-state index is 0.137. The zero-order chi connectivity index (χ0) is 13.5. The molecule has 8 heteroatoms. The molecule has 1 amide bonds. The molecule has 7 nitrogen and oxygen atoms in total. The monoisotopic (exact) mass is 272 g/mol. The summed E-state index contributed by atoms with van der Waals surface area (Å²) in [7, 11) is -3.23. The highest BCUT2D eigenvalue weighted by Crippen LogP contribution is 2.28. The average molecular weight is 272 g/mol. The summed E-state index contributed by atoms with van der Waals surface area (Å²) in [6.45, 7) is 4.09. The van der Waals surface area contributed by atoms with Gasteiger partial charge < -0.3 is 5.32 Å². The van der Waals surface area contributed by atoms with Crippen molar-refractivity contribution in [2.24, 2.45) is 5.92 Å². The fourth-order valence-electron chi connectivity index (χ4n) is 1.71. The number of hydrogen-bond donors (Lipinski definition) is 2. The molecule has 0 aliphatic carbocycles. The van der Waals surface area contributed by atoms with Crippen LogP contribution in [0.1, 0.15) is 25.1 Å². The van der Waals surface area contributed by atoms with Crippen LogP contribution in [0.2, 0.25) is 0 Å². The number of amides is 1. The van der Waals surface area contributed by atoms with Crippen LogP contribution >= 0.6 is 0 Å². The number of aromatic amines is 1. The lowest BCUT2D eigenvalue weighted by atomic mass is 10.2. The van der Waals surface area contributed by atoms with Crippen molar-refractivity contribution in [3.8, 4) is 0 Å². The summed E-state index contributed by atoms with van der Waals surface area (Å²) in [5, 5.41) is 9.45. The van der Waals surface area contributed by atoms with Crippen LogP contribution in [0.4, 0.5) is 5.82 Å². The van der Waals surface area contributed by atoms with E-state index in [0.717, 1.165) is 11.3 Å². The average Bonchev–Trinajstić information content (AvgIpc) is 2.78. The summed E-state index contributed by atoms with van der Waals surface area (Å²) < 4.78 is 24.2. The Morgan fingerprint density at radius 2 is 2.11 bits per heavy atom. The predicted octanol–water partition coefficient (Wildman–Crippen LogP) is 0.279. The van der Waals surface area contributed by atoms with E-state index in [-0.39, 0.29) is 24.9 Å². The number of H-pyrrole nitrogens is 1. The first kappa shape index (κ1) is 13.0. The molecule has 18 heavy (non-hydrogen) atoms. The first-order valence-corrected chi connectivity index (χ1v) is 7.46. The molecular formula is C10H16N4O3S. The van der Waals surface area contributed by atoms with Crippen LogP contribution in [0.15, 0.2) is 0 Å². The maximum atomic E-state index is 11.6. The van der Waals surface area contributed by atoms with Gasteiger partial charge in [0.2, 0.25) is 15.9 Å². The van der Waals surface area contributed by atoms with Crippen LogP contribution in [0.3, 0.4) is 0 Å². The molecular weight excluding hydrogens is 256 g/mol. The second kappa shape index (κ2) is 4.36. The highest BCUT2D eigenvalue weighted by molar-refractivity contribution is 7.88. The number of hydrogen-bond acceptors (Lipinski definition) is 4. The third kappa shape index (κ3) is 2.39. The van der Waals surface area contributed by atoms with Gasteiger partial charge in [-0.25, -0.2) is 8.42 Å². The molecule has 1 aliphatic heterocycles. The molecule has 1 aromatic rings. The minimum Gasteiger partial charge on any atom is -0.309 e. The van der Waals surface area contributed by atoms with Gasteiger partial charge in [-0.15, -0.1) is 0 Å². The standard InChI is InChI=1S/C10H16N4O3S/c1-6(2)10(15)11-9-7-4-14(18(3,16)17)5-8(7)12-13-9/h6H,4-5H2,1-3H3,(H2,11,12,13,15). The van der Waals surface area contributed by atoms with Crippen LogP contribution in [0.25, 0.3) is 0 Å². The lowest BCUT2D eigenvalue weighted by Crippen LogP contribution is -2.25. The highest BCUT2D eigenvalue weighted by atomic mass is 32.2. The maximum absolute atomic E-state index is 11.6. The van der Waals surface area contributed by atoms with E-state index < -0.39 is 10.0 Å². The zero-order valence-corrected chi connectivity index (χ0v) is 11.3. The number of sulfonamides is 1. The van der Waals surface area contributed by atoms with Gasteiger partial charge in [-0.05, 0) is 0 Å². The number of aromatic nitrogens is 2. The quantitative estimate of drug-likeness (QED) is 0.826. The molecule has 0 fully saturated rings. The molecule has 0 atom stereocenters. The van der Waals surface area contributed by atoms with Gasteiger partial charge in [0.15, 0.2) is 5.82 Å². The highest BCUT2D eigenvalue weighted by Gasteiger charge is 2.30. The van der Waals surface area contributed by atoms with E-state index in [0.29, 0.717) is 5.82 Å². The van der Waals surface area contributed by atoms with E-state index in [9.17, 15) is 13.2 Å². The van der Waals surface area contributed by atoms with Crippen molar-refractivity contribution in [2.75, 3.05) is 11.6 Å². The van der Waals surface area contributed by atoms with Crippen molar-refractivity contribution in [1.82, 2.24) is 14.5 Å². The first-order valence-electron chi connectivity index (χ1n) is 5.61. The molecule has 0 radical (unpaired) electrons. The molecule has 100 valence electrons. The van der Waals surface area contributed by atoms with Crippen molar-refractivity contribution < 1.29 is 13.2 Å². The van der Waals surface area contributed by atoms with Gasteiger partial charge in [-0.2, -0.15) is 9.40 Å². The van der Waals surface area contributed by atoms with Crippen LogP contribution in [0, 0.1) is 5.92 Å². The molecule has 0 spiro atoms. The van der Waals surface area contributed by atoms with Gasteiger partial charge in [-0.1, -0.05) is 13.8 Å². The smallest absolute Gasteiger partial charge is 0.228 e. The molecule has 0 saturated heterocycles. The van der Waals surface area contributed by atoms with Crippen molar-refractivity contribution in [3.05, 3.63) is 11.3 Å². The van der Waals surface area contributed by atoms with Crippen LogP contribution in [-0.2, 0) is 27.9 Å². The Bertz CT molecular complexity index is 576. The minimum atomic E-state index is -3.23. The van der Waals surface area contributed by atoms with Crippen LogP contribution in [-0.4, -0.2) is 35.1 Å². The largest absolute Gasteiger partial charge is 0.309 e. The molecule has 0 unspecified atom stereocenters. The van der Waals surface area contributed by atoms with E-state index in [1.807, 2.05) is 0 Å². The summed E-state index contributed by atoms with van der Waals surface area (Å²) in [5.74, 6) is 0.140. The molecule has 1 aromatic heterocycles. The molecule has 2 rings (SSSR count). The number of anilines is 1. The summed E-state index contributed by atoms with van der Waals surface area (Å²) in [6, 6.07) is 0. The van der Waals surface area contributed by atoms with Gasteiger partial charge in [0, 0.05) is 18.0 Å². The van der Waals surface area contributed by atoms with Crippen molar-refractivity contribution in [1.29, 1.82) is 0 Å². The van der Waals surface area contributed by atoms with Gasteiger partial charge in [-0.3, -0.25) is 9.89 Å². The first-order chi connectivity index (χ1) is 8.29. The summed E-state index contributed by atoms with van der Waals surface area (Å²) in [6.07, 6.45) is 1.17. The number of rotatable bonds is 3. The molecule has 2 heterocycles. The Labute approximate surface area is 106 Å². The third-order valence-electron chi connectivity index (χ3n) is 2.86. The topological polar surface area (TPSA) is 95.2 Å². The van der Waals surface area contributed by atoms with E-state index in [1.54, 1.807) is 13.8 Å². The van der Waals surface area contributed by atoms with Gasteiger partial charge in [0.1, 0.15) is 0 Å². The van der Waals surface area contributed by atoms with Gasteiger partial charge in [0.25, 0.3) is 0 Å². The lowest BCUT2D eigenvalue weighted by molar-refractivity contribution is -0.118. The van der Waals surface area contributed by atoms with E-state index in [1.165, 1.54) is 10.6 Å². The SMILES string of the molecule is CC(C)C(=O)Nc1n[nH]c2c1CN(S(C)(=O)=O)C2. The Balaban J connectivity index is 2.19. The van der Waals surface area contributed by atoms with Crippen molar-refractivity contribution in [3.63, 3.8) is 0 Å². The number of fused-ring (bicyclic) bond motifs is 1. The molecule has 0 saturated carbocycles. The Morgan fingerprint density at radius 3 is 2.67 bits per heavy atom. The molecule has 0 bridgehead atoms. The molecule has 2 N–H and O–H groups in total. The predicted molar refractivity (Wildman–Crippen MR) is 66.1 cm³/mol. The van der Waals surface area contributed by atoms with Crippen molar-refractivity contribution in [2.45, 2.75) is 26.9 Å². The van der Waals surface area contributed by atoms with E-state index in [4.69, 9.17) is 0 Å². The molecule has 1 aliphatic rings. The van der Waals surface area contributed by atoms with E-state index >= 15 is 0 Å². The zero-order valence-electron chi connectivity index (χ0n) is 10.5. The Hall–Kier alpha value is -1.41. The summed E-state index contributed by atoms with van der Waals surface area (Å²) in [5.41, 5.74) is 1.48. The van der Waals surface area contributed by atoms with E-state index in [2.05, 4.69) is 15.5 Å².